The summed E-state index contributed by atoms with van der Waals surface area (Å²) in [5, 5.41) is 22.2. The molecule has 1 heterocycles. The van der Waals surface area contributed by atoms with E-state index in [9.17, 15) is 10.1 Å². The topological polar surface area (TPSA) is 97.4 Å². The Morgan fingerprint density at radius 3 is 2.67 bits per heavy atom. The van der Waals surface area contributed by atoms with Gasteiger partial charge in [-0.15, -0.1) is 0 Å². The Labute approximate surface area is 159 Å². The highest BCUT2D eigenvalue weighted by Gasteiger charge is 2.15. The number of rotatable bonds is 7. The number of para-hydroxylation sites is 1. The number of nitrogens with zero attached hydrogens (tertiary/aromatic N) is 4. The smallest absolute Gasteiger partial charge is 0.274 e. The molecule has 8 heteroatoms. The average molecular weight is 372 g/mol. The molecule has 2 rings (SSSR count). The molecule has 0 aliphatic rings. The Kier molecular flexibility index (Phi) is 6.92. The fraction of sp³-hybridized carbons (Fsp3) is 0.474. The average Bonchev–Trinajstić information content (AvgIpc) is 2.86. The van der Waals surface area contributed by atoms with Crippen LogP contribution in [0, 0.1) is 24.0 Å². The monoisotopic (exact) mass is 372 g/mol. The van der Waals surface area contributed by atoms with Gasteiger partial charge in [0.05, 0.1) is 22.7 Å². The minimum atomic E-state index is -0.373. The van der Waals surface area contributed by atoms with Crippen LogP contribution in [0.3, 0.4) is 0 Å². The number of hydrogen-bond acceptors (Lipinski definition) is 4. The van der Waals surface area contributed by atoms with Gasteiger partial charge < -0.3 is 10.6 Å². The van der Waals surface area contributed by atoms with E-state index in [1.165, 1.54) is 11.6 Å². The zero-order valence-electron chi connectivity index (χ0n) is 16.6. The van der Waals surface area contributed by atoms with Crippen LogP contribution in [0.4, 0.5) is 5.69 Å². The van der Waals surface area contributed by atoms with Crippen LogP contribution in [0.25, 0.3) is 0 Å². The molecular formula is C19H28N6O2. The van der Waals surface area contributed by atoms with Crippen molar-refractivity contribution in [3.05, 3.63) is 56.9 Å². The van der Waals surface area contributed by atoms with Gasteiger partial charge in [0.1, 0.15) is 0 Å². The summed E-state index contributed by atoms with van der Waals surface area (Å²) in [7, 11) is 1.95. The molecule has 0 saturated heterocycles. The van der Waals surface area contributed by atoms with E-state index in [-0.39, 0.29) is 23.2 Å². The minimum absolute atomic E-state index is 0.0896. The summed E-state index contributed by atoms with van der Waals surface area (Å²) in [5.74, 6) is 0.641. The van der Waals surface area contributed by atoms with Crippen molar-refractivity contribution in [3.63, 3.8) is 0 Å². The van der Waals surface area contributed by atoms with Crippen molar-refractivity contribution < 1.29 is 4.92 Å². The Balaban J connectivity index is 2.10. The van der Waals surface area contributed by atoms with Crippen molar-refractivity contribution >= 4 is 11.6 Å². The van der Waals surface area contributed by atoms with Gasteiger partial charge in [-0.2, -0.15) is 5.10 Å². The summed E-state index contributed by atoms with van der Waals surface area (Å²) < 4.78 is 1.89. The molecule has 0 bridgehead atoms. The van der Waals surface area contributed by atoms with E-state index in [4.69, 9.17) is 0 Å². The number of hydrogen-bond donors (Lipinski definition) is 2. The quantitative estimate of drug-likeness (QED) is 0.337. The van der Waals surface area contributed by atoms with Crippen LogP contribution in [-0.4, -0.2) is 33.2 Å². The highest BCUT2D eigenvalue weighted by molar-refractivity contribution is 5.80. The van der Waals surface area contributed by atoms with Gasteiger partial charge in [-0.3, -0.25) is 14.8 Å². The maximum absolute atomic E-state index is 11.2. The van der Waals surface area contributed by atoms with Gasteiger partial charge in [-0.1, -0.05) is 18.2 Å². The second kappa shape index (κ2) is 9.16. The molecular weight excluding hydrogens is 344 g/mol. The van der Waals surface area contributed by atoms with Gasteiger partial charge in [0, 0.05) is 31.4 Å². The van der Waals surface area contributed by atoms with E-state index in [0.29, 0.717) is 18.1 Å². The minimum Gasteiger partial charge on any atom is -0.357 e. The lowest BCUT2D eigenvalue weighted by Crippen LogP contribution is -2.43. The van der Waals surface area contributed by atoms with Gasteiger partial charge in [0.25, 0.3) is 5.69 Å². The van der Waals surface area contributed by atoms with Crippen LogP contribution in [0.15, 0.2) is 29.3 Å². The molecule has 1 unspecified atom stereocenters. The molecule has 1 atom stereocenters. The second-order valence-electron chi connectivity index (χ2n) is 6.60. The Morgan fingerprint density at radius 2 is 2.07 bits per heavy atom. The van der Waals surface area contributed by atoms with Gasteiger partial charge in [0.15, 0.2) is 5.96 Å². The number of aryl methyl sites for hydroxylation is 2. The Morgan fingerprint density at radius 1 is 1.37 bits per heavy atom. The first kappa shape index (κ1) is 20.4. The zero-order valence-corrected chi connectivity index (χ0v) is 16.6. The molecule has 0 amide bonds. The second-order valence-corrected chi connectivity index (χ2v) is 6.60. The van der Waals surface area contributed by atoms with Gasteiger partial charge in [0.2, 0.25) is 0 Å². The molecule has 1 aromatic carbocycles. The van der Waals surface area contributed by atoms with Gasteiger partial charge in [-0.05, 0) is 39.7 Å². The lowest BCUT2D eigenvalue weighted by molar-refractivity contribution is -0.385. The van der Waals surface area contributed by atoms with E-state index >= 15 is 0 Å². The van der Waals surface area contributed by atoms with E-state index in [1.54, 1.807) is 18.2 Å². The van der Waals surface area contributed by atoms with Crippen LogP contribution in [-0.2, 0) is 20.0 Å². The highest BCUT2D eigenvalue weighted by atomic mass is 16.6. The summed E-state index contributed by atoms with van der Waals surface area (Å²) >= 11 is 0. The lowest BCUT2D eigenvalue weighted by atomic mass is 10.1. The molecule has 1 aromatic heterocycles. The van der Waals surface area contributed by atoms with E-state index in [1.807, 2.05) is 25.6 Å². The first-order chi connectivity index (χ1) is 12.8. The summed E-state index contributed by atoms with van der Waals surface area (Å²) in [6.07, 6.45) is 0.821. The van der Waals surface area contributed by atoms with E-state index in [2.05, 4.69) is 34.6 Å². The van der Waals surface area contributed by atoms with E-state index < -0.39 is 0 Å². The molecule has 2 N–H and O–H groups in total. The first-order valence-corrected chi connectivity index (χ1v) is 9.09. The van der Waals surface area contributed by atoms with Crippen molar-refractivity contribution in [2.45, 2.75) is 46.7 Å². The SMILES string of the molecule is CCNC(=NCc1ccccc1[N+](=O)[O-])NC(C)Cc1c(C)nn(C)c1C. The standard InChI is InChI=1S/C19H28N6O2/c1-6-20-19(21-12-16-9-7-8-10-18(16)25(26)27)22-13(2)11-17-14(3)23-24(5)15(17)4/h7-10,13H,6,11-12H2,1-5H3,(H2,20,21,22). The van der Waals surface area contributed by atoms with Gasteiger partial charge >= 0.3 is 0 Å². The first-order valence-electron chi connectivity index (χ1n) is 9.09. The largest absolute Gasteiger partial charge is 0.357 e. The maximum atomic E-state index is 11.2. The van der Waals surface area contributed by atoms with Crippen molar-refractivity contribution in [3.8, 4) is 0 Å². The molecule has 146 valence electrons. The molecule has 0 fully saturated rings. The fourth-order valence-corrected chi connectivity index (χ4v) is 3.01. The molecule has 0 aliphatic carbocycles. The number of nitro groups is 1. The summed E-state index contributed by atoms with van der Waals surface area (Å²) in [6.45, 7) is 9.11. The van der Waals surface area contributed by atoms with Crippen molar-refractivity contribution in [1.82, 2.24) is 20.4 Å². The number of nitrogens with one attached hydrogen (secondary N) is 2. The van der Waals surface area contributed by atoms with Crippen LogP contribution < -0.4 is 10.6 Å². The van der Waals surface area contributed by atoms with E-state index in [0.717, 1.165) is 17.8 Å². The third-order valence-corrected chi connectivity index (χ3v) is 4.49. The number of nitro benzene ring substituents is 1. The number of aromatic nitrogens is 2. The maximum Gasteiger partial charge on any atom is 0.274 e. The molecule has 8 nitrogen and oxygen atoms in total. The molecule has 0 saturated carbocycles. The van der Waals surface area contributed by atoms with Crippen LogP contribution in [0.1, 0.15) is 36.4 Å². The van der Waals surface area contributed by atoms with Crippen molar-refractivity contribution in [1.29, 1.82) is 0 Å². The molecule has 0 aliphatic heterocycles. The third-order valence-electron chi connectivity index (χ3n) is 4.49. The summed E-state index contributed by atoms with van der Waals surface area (Å²) in [5.41, 5.74) is 4.10. The predicted molar refractivity (Wildman–Crippen MR) is 107 cm³/mol. The molecule has 0 spiro atoms. The highest BCUT2D eigenvalue weighted by Crippen LogP contribution is 2.18. The van der Waals surface area contributed by atoms with Crippen LogP contribution in [0.2, 0.25) is 0 Å². The fourth-order valence-electron chi connectivity index (χ4n) is 3.01. The summed E-state index contributed by atoms with van der Waals surface area (Å²) in [4.78, 5) is 15.3. The Bertz CT molecular complexity index is 828. The lowest BCUT2D eigenvalue weighted by Gasteiger charge is -2.18. The number of guanidine groups is 1. The summed E-state index contributed by atoms with van der Waals surface area (Å²) in [6, 6.07) is 6.82. The molecule has 2 aromatic rings. The Hall–Kier alpha value is -2.90. The van der Waals surface area contributed by atoms with Crippen molar-refractivity contribution in [2.24, 2.45) is 12.0 Å². The van der Waals surface area contributed by atoms with Crippen molar-refractivity contribution in [2.75, 3.05) is 6.54 Å². The third kappa shape index (κ3) is 5.29. The van der Waals surface area contributed by atoms with Crippen LogP contribution in [0.5, 0.6) is 0 Å². The number of aliphatic imine (C=N–C) groups is 1. The molecule has 27 heavy (non-hydrogen) atoms. The normalized spacial score (nSPS) is 12.7. The predicted octanol–water partition coefficient (Wildman–Crippen LogP) is 2.63. The molecule has 0 radical (unpaired) electrons. The number of benzene rings is 1. The van der Waals surface area contributed by atoms with Crippen LogP contribution >= 0.6 is 0 Å². The van der Waals surface area contributed by atoms with Gasteiger partial charge in [-0.25, -0.2) is 4.99 Å². The zero-order chi connectivity index (χ0) is 20.0.